The summed E-state index contributed by atoms with van der Waals surface area (Å²) in [5.74, 6) is 0.0574. The summed E-state index contributed by atoms with van der Waals surface area (Å²) >= 11 is 0. The molecule has 2 N–H and O–H groups in total. The van der Waals surface area contributed by atoms with E-state index >= 15 is 0 Å². The lowest BCUT2D eigenvalue weighted by molar-refractivity contribution is 0.0602. The second-order valence-corrected chi connectivity index (χ2v) is 4.55. The molecule has 0 aliphatic rings. The van der Waals surface area contributed by atoms with Gasteiger partial charge in [-0.1, -0.05) is 24.3 Å². The quantitative estimate of drug-likeness (QED) is 0.828. The van der Waals surface area contributed by atoms with Crippen molar-refractivity contribution in [3.05, 3.63) is 54.1 Å². The second kappa shape index (κ2) is 7.84. The van der Waals surface area contributed by atoms with E-state index in [4.69, 9.17) is 9.47 Å². The third-order valence-electron chi connectivity index (χ3n) is 3.02. The molecule has 23 heavy (non-hydrogen) atoms. The highest BCUT2D eigenvalue weighted by Crippen LogP contribution is 2.24. The minimum Gasteiger partial charge on any atom is -0.492 e. The lowest BCUT2D eigenvalue weighted by Gasteiger charge is -2.13. The smallest absolute Gasteiger partial charge is 0.339 e. The normalized spacial score (nSPS) is 9.83. The van der Waals surface area contributed by atoms with E-state index in [1.807, 2.05) is 13.0 Å². The van der Waals surface area contributed by atoms with Gasteiger partial charge in [-0.25, -0.2) is 9.59 Å². The first-order valence-corrected chi connectivity index (χ1v) is 7.13. The van der Waals surface area contributed by atoms with Crippen LogP contribution in [0.4, 0.5) is 16.2 Å². The van der Waals surface area contributed by atoms with Crippen LogP contribution in [0.25, 0.3) is 0 Å². The van der Waals surface area contributed by atoms with Crippen molar-refractivity contribution >= 4 is 23.4 Å². The molecule has 2 aromatic rings. The van der Waals surface area contributed by atoms with Gasteiger partial charge in [-0.15, -0.1) is 0 Å². The standard InChI is InChI=1S/C17H18N2O4/c1-3-23-15-11-7-6-10-14(15)19-17(21)18-13-9-5-4-8-12(13)16(20)22-2/h4-11H,3H2,1-2H3,(H2,18,19,21). The summed E-state index contributed by atoms with van der Waals surface area (Å²) in [4.78, 5) is 23.9. The van der Waals surface area contributed by atoms with Crippen molar-refractivity contribution < 1.29 is 19.1 Å². The van der Waals surface area contributed by atoms with Crippen molar-refractivity contribution in [3.63, 3.8) is 0 Å². The number of carbonyl (C=O) groups is 2. The number of benzene rings is 2. The van der Waals surface area contributed by atoms with Gasteiger partial charge in [-0.2, -0.15) is 0 Å². The van der Waals surface area contributed by atoms with Gasteiger partial charge in [0.2, 0.25) is 0 Å². The van der Waals surface area contributed by atoms with Crippen LogP contribution in [0, 0.1) is 0 Å². The van der Waals surface area contributed by atoms with Crippen LogP contribution >= 0.6 is 0 Å². The van der Waals surface area contributed by atoms with Gasteiger partial charge in [0.05, 0.1) is 30.7 Å². The summed E-state index contributed by atoms with van der Waals surface area (Å²) in [7, 11) is 1.29. The number of para-hydroxylation sites is 3. The van der Waals surface area contributed by atoms with Crippen LogP contribution in [-0.2, 0) is 4.74 Å². The molecule has 0 spiro atoms. The first-order valence-electron chi connectivity index (χ1n) is 7.13. The molecule has 6 heteroatoms. The Bertz CT molecular complexity index is 700. The Balaban J connectivity index is 2.13. The number of nitrogens with one attached hydrogen (secondary N) is 2. The first-order chi connectivity index (χ1) is 11.2. The monoisotopic (exact) mass is 314 g/mol. The van der Waals surface area contributed by atoms with Gasteiger partial charge < -0.3 is 20.1 Å². The van der Waals surface area contributed by atoms with Crippen molar-refractivity contribution in [2.75, 3.05) is 24.4 Å². The van der Waals surface area contributed by atoms with Gasteiger partial charge in [0.15, 0.2) is 0 Å². The molecule has 0 aliphatic heterocycles. The van der Waals surface area contributed by atoms with E-state index in [2.05, 4.69) is 10.6 Å². The molecule has 2 amide bonds. The zero-order chi connectivity index (χ0) is 16.7. The van der Waals surface area contributed by atoms with Crippen LogP contribution in [0.1, 0.15) is 17.3 Å². The third-order valence-corrected chi connectivity index (χ3v) is 3.02. The fourth-order valence-electron chi connectivity index (χ4n) is 2.01. The van der Waals surface area contributed by atoms with Crippen LogP contribution in [0.15, 0.2) is 48.5 Å². The van der Waals surface area contributed by atoms with Gasteiger partial charge in [-0.3, -0.25) is 0 Å². The second-order valence-electron chi connectivity index (χ2n) is 4.55. The van der Waals surface area contributed by atoms with Crippen LogP contribution in [0.5, 0.6) is 5.75 Å². The van der Waals surface area contributed by atoms with Gasteiger partial charge in [0, 0.05) is 0 Å². The zero-order valence-corrected chi connectivity index (χ0v) is 13.0. The van der Waals surface area contributed by atoms with Gasteiger partial charge in [0.25, 0.3) is 0 Å². The summed E-state index contributed by atoms with van der Waals surface area (Å²) in [6.07, 6.45) is 0. The number of esters is 1. The molecular formula is C17H18N2O4. The summed E-state index contributed by atoms with van der Waals surface area (Å²) in [5.41, 5.74) is 1.19. The molecule has 120 valence electrons. The lowest BCUT2D eigenvalue weighted by Crippen LogP contribution is -2.21. The first kappa shape index (κ1) is 16.4. The van der Waals surface area contributed by atoms with Gasteiger partial charge in [-0.05, 0) is 31.2 Å². The summed E-state index contributed by atoms with van der Waals surface area (Å²) in [6.45, 7) is 2.36. The molecule has 2 aromatic carbocycles. The average Bonchev–Trinajstić information content (AvgIpc) is 2.56. The van der Waals surface area contributed by atoms with Crippen molar-refractivity contribution in [2.45, 2.75) is 6.92 Å². The van der Waals surface area contributed by atoms with E-state index in [1.165, 1.54) is 7.11 Å². The van der Waals surface area contributed by atoms with Crippen molar-refractivity contribution in [1.29, 1.82) is 0 Å². The van der Waals surface area contributed by atoms with E-state index in [-0.39, 0.29) is 5.56 Å². The topological polar surface area (TPSA) is 76.7 Å². The molecule has 0 aliphatic carbocycles. The van der Waals surface area contributed by atoms with E-state index in [0.29, 0.717) is 23.7 Å². The van der Waals surface area contributed by atoms with E-state index in [1.54, 1.807) is 42.5 Å². The molecule has 0 saturated heterocycles. The molecule has 2 rings (SSSR count). The van der Waals surface area contributed by atoms with Gasteiger partial charge in [0.1, 0.15) is 5.75 Å². The Kier molecular flexibility index (Phi) is 5.57. The number of amides is 2. The van der Waals surface area contributed by atoms with Crippen LogP contribution < -0.4 is 15.4 Å². The largest absolute Gasteiger partial charge is 0.492 e. The van der Waals surface area contributed by atoms with Crippen molar-refractivity contribution in [2.24, 2.45) is 0 Å². The van der Waals surface area contributed by atoms with Crippen molar-refractivity contribution in [3.8, 4) is 5.75 Å². The number of hydrogen-bond donors (Lipinski definition) is 2. The summed E-state index contributed by atoms with van der Waals surface area (Å²) < 4.78 is 10.1. The number of urea groups is 1. The minimum absolute atomic E-state index is 0.281. The molecule has 0 atom stereocenters. The lowest BCUT2D eigenvalue weighted by atomic mass is 10.2. The third kappa shape index (κ3) is 4.23. The number of hydrogen-bond acceptors (Lipinski definition) is 4. The zero-order valence-electron chi connectivity index (χ0n) is 13.0. The van der Waals surface area contributed by atoms with Crippen LogP contribution in [0.3, 0.4) is 0 Å². The van der Waals surface area contributed by atoms with Gasteiger partial charge >= 0.3 is 12.0 Å². The highest BCUT2D eigenvalue weighted by atomic mass is 16.5. The molecule has 0 saturated carbocycles. The van der Waals surface area contributed by atoms with E-state index in [0.717, 1.165) is 0 Å². The summed E-state index contributed by atoms with van der Waals surface area (Å²) in [6, 6.07) is 13.2. The molecule has 0 bridgehead atoms. The maximum absolute atomic E-state index is 12.2. The van der Waals surface area contributed by atoms with Crippen molar-refractivity contribution in [1.82, 2.24) is 0 Å². The van der Waals surface area contributed by atoms with E-state index < -0.39 is 12.0 Å². The highest BCUT2D eigenvalue weighted by Gasteiger charge is 2.14. The fraction of sp³-hybridized carbons (Fsp3) is 0.176. The molecule has 0 aromatic heterocycles. The molecule has 6 nitrogen and oxygen atoms in total. The minimum atomic E-state index is -0.518. The predicted octanol–water partition coefficient (Wildman–Crippen LogP) is 3.52. The number of rotatable bonds is 5. The predicted molar refractivity (Wildman–Crippen MR) is 88.0 cm³/mol. The molecule has 0 heterocycles. The molecular weight excluding hydrogens is 296 g/mol. The molecule has 0 unspecified atom stereocenters. The SMILES string of the molecule is CCOc1ccccc1NC(=O)Nc1ccccc1C(=O)OC. The molecule has 0 radical (unpaired) electrons. The van der Waals surface area contributed by atoms with Crippen LogP contribution in [-0.4, -0.2) is 25.7 Å². The number of methoxy groups -OCH3 is 1. The Morgan fingerprint density at radius 1 is 0.957 bits per heavy atom. The summed E-state index contributed by atoms with van der Waals surface area (Å²) in [5, 5.41) is 5.34. The number of carbonyl (C=O) groups excluding carboxylic acids is 2. The Hall–Kier alpha value is -3.02. The Labute approximate surface area is 134 Å². The highest BCUT2D eigenvalue weighted by molar-refractivity contribution is 6.05. The van der Waals surface area contributed by atoms with Crippen LogP contribution in [0.2, 0.25) is 0 Å². The number of ether oxygens (including phenoxy) is 2. The number of anilines is 2. The van der Waals surface area contributed by atoms with E-state index in [9.17, 15) is 9.59 Å². The average molecular weight is 314 g/mol. The fourth-order valence-corrected chi connectivity index (χ4v) is 2.01. The maximum atomic E-state index is 12.2. The molecule has 0 fully saturated rings. The Morgan fingerprint density at radius 3 is 2.26 bits per heavy atom. The Morgan fingerprint density at radius 2 is 1.57 bits per heavy atom. The maximum Gasteiger partial charge on any atom is 0.339 e.